The number of benzene rings is 2. The number of rotatable bonds is 3. The highest BCUT2D eigenvalue weighted by molar-refractivity contribution is 7.99. The molecular formula is C18H15ClN4O2S. The molecule has 3 aromatic rings. The average Bonchev–Trinajstić information content (AvgIpc) is 2.80. The van der Waals surface area contributed by atoms with Crippen molar-refractivity contribution < 1.29 is 9.84 Å². The minimum atomic E-state index is -0.631. The Hall–Kier alpha value is -2.51. The Balaban J connectivity index is 1.86. The fraction of sp³-hybridized carbons (Fsp3) is 0.167. The number of ether oxygens (including phenoxy) is 1. The summed E-state index contributed by atoms with van der Waals surface area (Å²) in [6, 6.07) is 12.7. The molecule has 1 atom stereocenters. The molecule has 2 N–H and O–H groups in total. The lowest BCUT2D eigenvalue weighted by molar-refractivity contribution is 0.225. The summed E-state index contributed by atoms with van der Waals surface area (Å²) in [6.45, 7) is 2.02. The molecule has 8 heteroatoms. The molecule has 0 fully saturated rings. The lowest BCUT2D eigenvalue weighted by Gasteiger charge is -2.20. The standard InChI is InChI=1S/C18H15ClN4O2S/c1-2-26-18-21-17-15(22-23-18)10-6-3-4-8-12(10)20-16(25-17)11-7-5-9-13(24)14(11)19/h3-9,16,20,24H,2H2,1H3. The highest BCUT2D eigenvalue weighted by Gasteiger charge is 2.27. The van der Waals surface area contributed by atoms with Crippen LogP contribution in [0.15, 0.2) is 47.6 Å². The van der Waals surface area contributed by atoms with E-state index in [1.165, 1.54) is 17.8 Å². The van der Waals surface area contributed by atoms with Crippen molar-refractivity contribution in [2.75, 3.05) is 11.1 Å². The zero-order valence-electron chi connectivity index (χ0n) is 13.8. The molecular weight excluding hydrogens is 372 g/mol. The number of thioether (sulfide) groups is 1. The van der Waals surface area contributed by atoms with Gasteiger partial charge in [0.05, 0.1) is 5.02 Å². The summed E-state index contributed by atoms with van der Waals surface area (Å²) in [5.74, 6) is 1.20. The van der Waals surface area contributed by atoms with Crippen molar-refractivity contribution in [3.8, 4) is 22.9 Å². The van der Waals surface area contributed by atoms with Crippen molar-refractivity contribution in [3.05, 3.63) is 53.1 Å². The Bertz CT molecular complexity index is 970. The summed E-state index contributed by atoms with van der Waals surface area (Å²) in [4.78, 5) is 4.51. The van der Waals surface area contributed by atoms with Gasteiger partial charge < -0.3 is 15.2 Å². The van der Waals surface area contributed by atoms with Gasteiger partial charge in [0.15, 0.2) is 11.9 Å². The maximum atomic E-state index is 9.95. The predicted molar refractivity (Wildman–Crippen MR) is 102 cm³/mol. The molecule has 0 saturated carbocycles. The summed E-state index contributed by atoms with van der Waals surface area (Å²) < 4.78 is 6.11. The van der Waals surface area contributed by atoms with Gasteiger partial charge in [-0.25, -0.2) is 0 Å². The van der Waals surface area contributed by atoms with Crippen LogP contribution in [0.25, 0.3) is 11.3 Å². The van der Waals surface area contributed by atoms with E-state index >= 15 is 0 Å². The minimum absolute atomic E-state index is 0.00429. The number of phenolic OH excluding ortho intramolecular Hbond substituents is 1. The number of halogens is 1. The topological polar surface area (TPSA) is 80.2 Å². The molecule has 0 amide bonds. The minimum Gasteiger partial charge on any atom is -0.506 e. The number of para-hydroxylation sites is 1. The van der Waals surface area contributed by atoms with Crippen LogP contribution in [0.4, 0.5) is 5.69 Å². The molecule has 1 unspecified atom stereocenters. The van der Waals surface area contributed by atoms with E-state index in [0.717, 1.165) is 17.0 Å². The molecule has 0 spiro atoms. The highest BCUT2D eigenvalue weighted by atomic mass is 35.5. The first kappa shape index (κ1) is 16.9. The third-order valence-electron chi connectivity index (χ3n) is 3.90. The van der Waals surface area contributed by atoms with Crippen LogP contribution in [0.3, 0.4) is 0 Å². The van der Waals surface area contributed by atoms with Gasteiger partial charge >= 0.3 is 0 Å². The number of anilines is 1. The van der Waals surface area contributed by atoms with E-state index in [9.17, 15) is 5.11 Å². The van der Waals surface area contributed by atoms with Crippen molar-refractivity contribution in [2.24, 2.45) is 0 Å². The van der Waals surface area contributed by atoms with Crippen molar-refractivity contribution in [3.63, 3.8) is 0 Å². The molecule has 26 heavy (non-hydrogen) atoms. The summed E-state index contributed by atoms with van der Waals surface area (Å²) in [5.41, 5.74) is 2.84. The Morgan fingerprint density at radius 2 is 2.04 bits per heavy atom. The highest BCUT2D eigenvalue weighted by Crippen LogP contribution is 2.41. The molecule has 0 bridgehead atoms. The normalized spacial score (nSPS) is 15.2. The SMILES string of the molecule is CCSc1nnc2c(n1)OC(c1cccc(O)c1Cl)Nc1ccccc1-2. The van der Waals surface area contributed by atoms with Gasteiger partial charge in [0, 0.05) is 16.8 Å². The molecule has 1 aliphatic rings. The number of hydrogen-bond donors (Lipinski definition) is 2. The van der Waals surface area contributed by atoms with Crippen molar-refractivity contribution >= 4 is 29.1 Å². The number of phenols is 1. The van der Waals surface area contributed by atoms with Crippen LogP contribution in [-0.4, -0.2) is 26.0 Å². The first-order valence-electron chi connectivity index (χ1n) is 8.05. The second-order valence-electron chi connectivity index (χ2n) is 5.55. The molecule has 2 aromatic carbocycles. The van der Waals surface area contributed by atoms with Crippen LogP contribution in [0, 0.1) is 0 Å². The van der Waals surface area contributed by atoms with E-state index in [4.69, 9.17) is 16.3 Å². The molecule has 1 aromatic heterocycles. The molecule has 132 valence electrons. The van der Waals surface area contributed by atoms with Gasteiger partial charge in [-0.3, -0.25) is 0 Å². The molecule has 6 nitrogen and oxygen atoms in total. The quantitative estimate of drug-likeness (QED) is 0.641. The van der Waals surface area contributed by atoms with Gasteiger partial charge in [-0.05, 0) is 17.9 Å². The molecule has 1 aliphatic heterocycles. The maximum absolute atomic E-state index is 9.95. The van der Waals surface area contributed by atoms with E-state index in [-0.39, 0.29) is 10.8 Å². The summed E-state index contributed by atoms with van der Waals surface area (Å²) in [5, 5.41) is 22.5. The lowest BCUT2D eigenvalue weighted by atomic mass is 10.1. The van der Waals surface area contributed by atoms with Crippen molar-refractivity contribution in [1.29, 1.82) is 0 Å². The first-order chi connectivity index (χ1) is 12.7. The largest absolute Gasteiger partial charge is 0.506 e. The van der Waals surface area contributed by atoms with Crippen LogP contribution in [-0.2, 0) is 0 Å². The second-order valence-corrected chi connectivity index (χ2v) is 7.16. The lowest BCUT2D eigenvalue weighted by Crippen LogP contribution is -2.17. The van der Waals surface area contributed by atoms with Gasteiger partial charge in [0.25, 0.3) is 0 Å². The number of hydrogen-bond acceptors (Lipinski definition) is 7. The fourth-order valence-electron chi connectivity index (χ4n) is 2.72. The summed E-state index contributed by atoms with van der Waals surface area (Å²) >= 11 is 7.78. The monoisotopic (exact) mass is 386 g/mol. The zero-order valence-corrected chi connectivity index (χ0v) is 15.4. The zero-order chi connectivity index (χ0) is 18.1. The fourth-order valence-corrected chi connectivity index (χ4v) is 3.45. The van der Waals surface area contributed by atoms with Gasteiger partial charge in [-0.2, -0.15) is 4.98 Å². The molecule has 2 heterocycles. The van der Waals surface area contributed by atoms with Crippen LogP contribution < -0.4 is 10.1 Å². The van der Waals surface area contributed by atoms with E-state index in [1.807, 2.05) is 31.2 Å². The van der Waals surface area contributed by atoms with Gasteiger partial charge in [-0.15, -0.1) is 10.2 Å². The van der Waals surface area contributed by atoms with Crippen LogP contribution in [0.5, 0.6) is 11.6 Å². The van der Waals surface area contributed by atoms with Gasteiger partial charge in [0.2, 0.25) is 11.0 Å². The third kappa shape index (κ3) is 3.04. The smallest absolute Gasteiger partial charge is 0.247 e. The number of nitrogens with one attached hydrogen (secondary N) is 1. The molecule has 4 rings (SSSR count). The third-order valence-corrected chi connectivity index (χ3v) is 5.03. The van der Waals surface area contributed by atoms with Crippen LogP contribution in [0.2, 0.25) is 5.02 Å². The van der Waals surface area contributed by atoms with Gasteiger partial charge in [-0.1, -0.05) is 60.6 Å². The Morgan fingerprint density at radius 3 is 2.88 bits per heavy atom. The van der Waals surface area contributed by atoms with E-state index in [0.29, 0.717) is 22.3 Å². The number of fused-ring (bicyclic) bond motifs is 3. The Labute approximate surface area is 159 Å². The van der Waals surface area contributed by atoms with E-state index in [1.54, 1.807) is 12.1 Å². The summed E-state index contributed by atoms with van der Waals surface area (Å²) in [6.07, 6.45) is -0.631. The van der Waals surface area contributed by atoms with E-state index < -0.39 is 6.23 Å². The van der Waals surface area contributed by atoms with Crippen molar-refractivity contribution in [2.45, 2.75) is 18.3 Å². The predicted octanol–water partition coefficient (Wildman–Crippen LogP) is 4.51. The second kappa shape index (κ2) is 7.01. The van der Waals surface area contributed by atoms with E-state index in [2.05, 4.69) is 20.5 Å². The number of aromatic nitrogens is 3. The van der Waals surface area contributed by atoms with Crippen molar-refractivity contribution in [1.82, 2.24) is 15.2 Å². The molecule has 0 radical (unpaired) electrons. The Kier molecular flexibility index (Phi) is 4.57. The maximum Gasteiger partial charge on any atom is 0.247 e. The number of aromatic hydroxyl groups is 1. The van der Waals surface area contributed by atoms with Gasteiger partial charge in [0.1, 0.15) is 5.75 Å². The first-order valence-corrected chi connectivity index (χ1v) is 9.41. The average molecular weight is 387 g/mol. The molecule has 0 aliphatic carbocycles. The molecule has 0 saturated heterocycles. The van der Waals surface area contributed by atoms with Crippen LogP contribution in [0.1, 0.15) is 18.7 Å². The van der Waals surface area contributed by atoms with Crippen LogP contribution >= 0.6 is 23.4 Å². The Morgan fingerprint density at radius 1 is 1.19 bits per heavy atom. The number of nitrogens with zero attached hydrogens (tertiary/aromatic N) is 3. The summed E-state index contributed by atoms with van der Waals surface area (Å²) in [7, 11) is 0.